The first-order valence-corrected chi connectivity index (χ1v) is 10.3. The van der Waals surface area contributed by atoms with Gasteiger partial charge in [0.1, 0.15) is 5.76 Å². The number of rotatable bonds is 5. The van der Waals surface area contributed by atoms with Crippen LogP contribution in [0.15, 0.2) is 10.6 Å². The molecule has 8 nitrogen and oxygen atoms in total. The molecule has 0 saturated carbocycles. The van der Waals surface area contributed by atoms with Crippen LogP contribution in [0, 0.1) is 6.92 Å². The molecule has 1 unspecified atom stereocenters. The Balaban J connectivity index is 0.000000192. The summed E-state index contributed by atoms with van der Waals surface area (Å²) in [5.41, 5.74) is 4.13. The summed E-state index contributed by atoms with van der Waals surface area (Å²) in [5, 5.41) is 7.72. The molecule has 2 aromatic heterocycles. The van der Waals surface area contributed by atoms with E-state index in [1.807, 2.05) is 18.7 Å². The van der Waals surface area contributed by atoms with Gasteiger partial charge in [0.25, 0.3) is 0 Å². The van der Waals surface area contributed by atoms with Gasteiger partial charge in [-0.3, -0.25) is 9.48 Å². The summed E-state index contributed by atoms with van der Waals surface area (Å²) in [6.07, 6.45) is 6.31. The van der Waals surface area contributed by atoms with Crippen LogP contribution < -0.4 is 5.32 Å². The van der Waals surface area contributed by atoms with E-state index in [9.17, 15) is 4.79 Å². The topological polar surface area (TPSA) is 87.8 Å². The summed E-state index contributed by atoms with van der Waals surface area (Å²) >= 11 is 0. The van der Waals surface area contributed by atoms with Crippen molar-refractivity contribution in [3.8, 4) is 11.3 Å². The Morgan fingerprint density at radius 3 is 2.72 bits per heavy atom. The summed E-state index contributed by atoms with van der Waals surface area (Å²) in [5.74, 6) is 1.32. The van der Waals surface area contributed by atoms with Crippen molar-refractivity contribution in [1.82, 2.24) is 15.1 Å². The largest absolute Gasteiger partial charge is 0.457 e. The van der Waals surface area contributed by atoms with Gasteiger partial charge >= 0.3 is 0 Å². The van der Waals surface area contributed by atoms with E-state index in [4.69, 9.17) is 18.6 Å². The number of likely N-dealkylation sites (N-methyl/N-ethyl adjacent to an activating group) is 1. The molecule has 2 fully saturated rings. The Kier molecular flexibility index (Phi) is 6.44. The van der Waals surface area contributed by atoms with Gasteiger partial charge in [-0.1, -0.05) is 0 Å². The summed E-state index contributed by atoms with van der Waals surface area (Å²) in [4.78, 5) is 11.0. The van der Waals surface area contributed by atoms with Crippen molar-refractivity contribution >= 4 is 6.29 Å². The maximum absolute atomic E-state index is 11.0. The predicted octanol–water partition coefficient (Wildman–Crippen LogP) is 1.77. The molecule has 0 spiro atoms. The highest BCUT2D eigenvalue weighted by atomic mass is 16.6. The fraction of sp³-hybridized carbons (Fsp3) is 0.619. The monoisotopic (exact) mass is 403 g/mol. The number of furan rings is 1. The Morgan fingerprint density at radius 2 is 2.07 bits per heavy atom. The number of aryl methyl sites for hydroxylation is 2. The first-order valence-electron chi connectivity index (χ1n) is 10.3. The van der Waals surface area contributed by atoms with E-state index in [0.29, 0.717) is 11.9 Å². The lowest BCUT2D eigenvalue weighted by Gasteiger charge is -2.26. The second kappa shape index (κ2) is 9.21. The average molecular weight is 403 g/mol. The lowest BCUT2D eigenvalue weighted by molar-refractivity contribution is -0.0858. The molecule has 158 valence electrons. The predicted molar refractivity (Wildman–Crippen MR) is 106 cm³/mol. The fourth-order valence-electron chi connectivity index (χ4n) is 3.91. The molecular weight excluding hydrogens is 374 g/mol. The molecular formula is C21H29N3O5. The lowest BCUT2D eigenvalue weighted by atomic mass is 9.94. The number of nitrogens with one attached hydrogen (secondary N) is 1. The second-order valence-corrected chi connectivity index (χ2v) is 7.64. The average Bonchev–Trinajstić information content (AvgIpc) is 3.26. The van der Waals surface area contributed by atoms with Crippen molar-refractivity contribution in [2.45, 2.75) is 44.9 Å². The van der Waals surface area contributed by atoms with Crippen LogP contribution in [0.25, 0.3) is 11.3 Å². The highest BCUT2D eigenvalue weighted by Gasteiger charge is 2.28. The van der Waals surface area contributed by atoms with Crippen molar-refractivity contribution in [1.29, 1.82) is 0 Å². The highest BCUT2D eigenvalue weighted by Crippen LogP contribution is 2.37. The molecule has 1 aliphatic carbocycles. The molecule has 2 aliphatic heterocycles. The van der Waals surface area contributed by atoms with E-state index in [1.54, 1.807) is 0 Å². The number of ether oxygens (including phenoxy) is 3. The number of carbonyl (C=O) groups excluding carboxylic acids is 1. The minimum absolute atomic E-state index is 0.267. The first-order chi connectivity index (χ1) is 14.2. The summed E-state index contributed by atoms with van der Waals surface area (Å²) in [7, 11) is 1.91. The SMILES string of the molecule is CNC[C@@H]1COCCO1.Cc1c(C=O)oc2c1-c1nn(CC3CCO3)cc1CC2. The van der Waals surface area contributed by atoms with Gasteiger partial charge in [0.2, 0.25) is 0 Å². The van der Waals surface area contributed by atoms with E-state index < -0.39 is 0 Å². The summed E-state index contributed by atoms with van der Waals surface area (Å²) in [6.45, 7) is 6.71. The van der Waals surface area contributed by atoms with Crippen LogP contribution in [0.5, 0.6) is 0 Å². The van der Waals surface area contributed by atoms with Crippen molar-refractivity contribution in [2.75, 3.05) is 40.0 Å². The van der Waals surface area contributed by atoms with Gasteiger partial charge in [0.15, 0.2) is 12.0 Å². The lowest BCUT2D eigenvalue weighted by Crippen LogP contribution is -2.35. The molecule has 1 N–H and O–H groups in total. The molecule has 2 atom stereocenters. The fourth-order valence-corrected chi connectivity index (χ4v) is 3.91. The van der Waals surface area contributed by atoms with Crippen LogP contribution >= 0.6 is 0 Å². The number of aldehydes is 1. The zero-order valence-corrected chi connectivity index (χ0v) is 17.1. The number of hydrogen-bond acceptors (Lipinski definition) is 7. The third-order valence-corrected chi connectivity index (χ3v) is 5.56. The maximum Gasteiger partial charge on any atom is 0.185 e. The van der Waals surface area contributed by atoms with E-state index >= 15 is 0 Å². The first kappa shape index (κ1) is 20.3. The van der Waals surface area contributed by atoms with Gasteiger partial charge in [-0.2, -0.15) is 5.10 Å². The van der Waals surface area contributed by atoms with Gasteiger partial charge in [-0.05, 0) is 32.4 Å². The van der Waals surface area contributed by atoms with Crippen LogP contribution in [-0.4, -0.2) is 68.3 Å². The minimum atomic E-state index is 0.267. The summed E-state index contributed by atoms with van der Waals surface area (Å²) in [6, 6.07) is 0. The summed E-state index contributed by atoms with van der Waals surface area (Å²) < 4.78 is 23.5. The zero-order chi connectivity index (χ0) is 20.2. The van der Waals surface area contributed by atoms with Gasteiger partial charge < -0.3 is 23.9 Å². The Labute approximate surface area is 170 Å². The van der Waals surface area contributed by atoms with E-state index in [2.05, 4.69) is 16.6 Å². The molecule has 4 heterocycles. The van der Waals surface area contributed by atoms with E-state index in [-0.39, 0.29) is 6.10 Å². The highest BCUT2D eigenvalue weighted by molar-refractivity contribution is 5.81. The molecule has 29 heavy (non-hydrogen) atoms. The quantitative estimate of drug-likeness (QED) is 0.761. The van der Waals surface area contributed by atoms with Gasteiger partial charge in [0.05, 0.1) is 44.3 Å². The van der Waals surface area contributed by atoms with Gasteiger partial charge in [-0.15, -0.1) is 0 Å². The molecule has 8 heteroatoms. The minimum Gasteiger partial charge on any atom is -0.457 e. The van der Waals surface area contributed by atoms with Gasteiger partial charge in [-0.25, -0.2) is 0 Å². The molecule has 0 radical (unpaired) electrons. The number of carbonyl (C=O) groups is 1. The molecule has 0 aromatic carbocycles. The molecule has 0 amide bonds. The molecule has 5 rings (SSSR count). The molecule has 2 aromatic rings. The molecule has 2 saturated heterocycles. The second-order valence-electron chi connectivity index (χ2n) is 7.64. The number of hydrogen-bond donors (Lipinski definition) is 1. The third-order valence-electron chi connectivity index (χ3n) is 5.56. The van der Waals surface area contributed by atoms with Crippen LogP contribution in [0.2, 0.25) is 0 Å². The van der Waals surface area contributed by atoms with Crippen LogP contribution in [0.4, 0.5) is 0 Å². The number of aromatic nitrogens is 2. The Bertz CT molecular complexity index is 831. The smallest absolute Gasteiger partial charge is 0.185 e. The van der Waals surface area contributed by atoms with Crippen molar-refractivity contribution < 1.29 is 23.4 Å². The Hall–Kier alpha value is -2.00. The standard InChI is InChI=1S/C15H16N2O3.C6H13NO2/c1-9-13(8-18)20-12-3-2-10-6-17(7-11-4-5-19-11)16-15(10)14(9)12;1-7-4-6-5-8-2-3-9-6/h6,8,11H,2-5,7H2,1H3;6-7H,2-5H2,1H3/t;6-/m.1/s1. The van der Waals surface area contributed by atoms with Crippen LogP contribution in [-0.2, 0) is 33.6 Å². The maximum atomic E-state index is 11.0. The van der Waals surface area contributed by atoms with E-state index in [0.717, 1.165) is 87.6 Å². The van der Waals surface area contributed by atoms with Gasteiger partial charge in [0, 0.05) is 36.9 Å². The van der Waals surface area contributed by atoms with E-state index in [1.165, 1.54) is 5.56 Å². The van der Waals surface area contributed by atoms with Crippen molar-refractivity contribution in [2.24, 2.45) is 0 Å². The van der Waals surface area contributed by atoms with Crippen LogP contribution in [0.3, 0.4) is 0 Å². The van der Waals surface area contributed by atoms with Crippen LogP contribution in [0.1, 0.15) is 33.9 Å². The number of fused-ring (bicyclic) bond motifs is 3. The normalized spacial score (nSPS) is 22.7. The molecule has 3 aliphatic rings. The molecule has 0 bridgehead atoms. The van der Waals surface area contributed by atoms with Crippen molar-refractivity contribution in [3.63, 3.8) is 0 Å². The Morgan fingerprint density at radius 1 is 1.24 bits per heavy atom. The van der Waals surface area contributed by atoms with Crippen molar-refractivity contribution in [3.05, 3.63) is 28.8 Å². The zero-order valence-electron chi connectivity index (χ0n) is 17.1. The third kappa shape index (κ3) is 4.45. The number of nitrogens with zero attached hydrogens (tertiary/aromatic N) is 2.